The van der Waals surface area contributed by atoms with E-state index in [0.717, 1.165) is 35.5 Å². The largest absolute Gasteiger partial charge is 0.103 e. The van der Waals surface area contributed by atoms with Gasteiger partial charge in [-0.05, 0) is 54.8 Å². The van der Waals surface area contributed by atoms with Crippen molar-refractivity contribution in [2.45, 2.75) is 98.8 Å². The molecule has 3 aliphatic carbocycles. The average molecular weight is 307 g/mol. The molecule has 0 amide bonds. The van der Waals surface area contributed by atoms with Crippen LogP contribution in [0, 0.1) is 29.1 Å². The Bertz CT molecular complexity index is 301. The molecule has 0 N–H and O–H groups in total. The van der Waals surface area contributed by atoms with E-state index < -0.39 is 0 Å². The van der Waals surface area contributed by atoms with Gasteiger partial charge in [-0.3, -0.25) is 0 Å². The second kappa shape index (κ2) is 9.78. The van der Waals surface area contributed by atoms with Crippen LogP contribution >= 0.6 is 0 Å². The van der Waals surface area contributed by atoms with Crippen LogP contribution in [0.5, 0.6) is 0 Å². The van der Waals surface area contributed by atoms with Gasteiger partial charge in [-0.25, -0.2) is 0 Å². The maximum atomic E-state index is 3.48. The van der Waals surface area contributed by atoms with Gasteiger partial charge in [-0.15, -0.1) is 6.58 Å². The van der Waals surface area contributed by atoms with Crippen LogP contribution in [-0.2, 0) is 0 Å². The minimum atomic E-state index is 0.720. The lowest BCUT2D eigenvalue weighted by Crippen LogP contribution is -2.34. The molecule has 4 atom stereocenters. The minimum Gasteiger partial charge on any atom is -0.103 e. The van der Waals surface area contributed by atoms with E-state index in [4.69, 9.17) is 0 Å². The molecule has 0 aliphatic heterocycles. The van der Waals surface area contributed by atoms with Crippen molar-refractivity contribution in [2.75, 3.05) is 0 Å². The molecule has 0 saturated heterocycles. The Morgan fingerprint density at radius 2 is 1.68 bits per heavy atom. The van der Waals surface area contributed by atoms with Gasteiger partial charge >= 0.3 is 0 Å². The summed E-state index contributed by atoms with van der Waals surface area (Å²) in [6.07, 6.45) is 16.4. The summed E-state index contributed by atoms with van der Waals surface area (Å²) >= 11 is 0. The zero-order chi connectivity index (χ0) is 16.6. The van der Waals surface area contributed by atoms with Crippen LogP contribution in [0.1, 0.15) is 98.8 Å². The standard InChI is InChI=1S/C12H22.C6H12.C4H8/c1-9-5-4-8-12(3)10(2)6-7-11(9)12;1-2-3-6-4-5-6;1-3-4-2/h9-11H,4-8H2,1-3H3;6H,2-5H2,1H3;3H,1,4H2,2H3/t9-,10-,11?,12+;;/m0../s1. The monoisotopic (exact) mass is 306 g/mol. The molecule has 0 heterocycles. The van der Waals surface area contributed by atoms with Gasteiger partial charge < -0.3 is 0 Å². The summed E-state index contributed by atoms with van der Waals surface area (Å²) in [6.45, 7) is 15.3. The lowest BCUT2D eigenvalue weighted by Gasteiger charge is -2.43. The van der Waals surface area contributed by atoms with Gasteiger partial charge in [0.05, 0.1) is 0 Å². The Morgan fingerprint density at radius 3 is 2.09 bits per heavy atom. The van der Waals surface area contributed by atoms with Crippen molar-refractivity contribution in [1.29, 1.82) is 0 Å². The molecule has 3 aliphatic rings. The second-order valence-corrected chi connectivity index (χ2v) is 8.39. The van der Waals surface area contributed by atoms with E-state index in [1.54, 1.807) is 0 Å². The lowest BCUT2D eigenvalue weighted by molar-refractivity contribution is 0.0658. The van der Waals surface area contributed by atoms with E-state index in [-0.39, 0.29) is 0 Å². The van der Waals surface area contributed by atoms with Crippen molar-refractivity contribution in [3.8, 4) is 0 Å². The topological polar surface area (TPSA) is 0 Å². The third kappa shape index (κ3) is 5.74. The number of rotatable bonds is 3. The zero-order valence-electron chi connectivity index (χ0n) is 16.2. The Kier molecular flexibility index (Phi) is 8.80. The highest BCUT2D eigenvalue weighted by molar-refractivity contribution is 4.97. The Labute approximate surface area is 141 Å². The van der Waals surface area contributed by atoms with Crippen LogP contribution in [0.2, 0.25) is 0 Å². The summed E-state index contributed by atoms with van der Waals surface area (Å²) < 4.78 is 0. The molecule has 0 radical (unpaired) electrons. The fourth-order valence-corrected chi connectivity index (χ4v) is 4.64. The van der Waals surface area contributed by atoms with Crippen LogP contribution in [0.4, 0.5) is 0 Å². The fourth-order valence-electron chi connectivity index (χ4n) is 4.64. The molecule has 0 bridgehead atoms. The summed E-state index contributed by atoms with van der Waals surface area (Å²) in [5.74, 6) is 4.20. The molecule has 3 saturated carbocycles. The molecule has 1 unspecified atom stereocenters. The van der Waals surface area contributed by atoms with E-state index in [2.05, 4.69) is 41.2 Å². The smallest absolute Gasteiger partial charge is 0.0269 e. The Hall–Kier alpha value is -0.260. The third-order valence-electron chi connectivity index (χ3n) is 6.63. The SMILES string of the molecule is C=CCC.CCCC1CC1.C[C@H]1CCC[C@@]2(C)C1CC[C@@H]2C. The summed E-state index contributed by atoms with van der Waals surface area (Å²) in [5.41, 5.74) is 0.720. The summed E-state index contributed by atoms with van der Waals surface area (Å²) in [6, 6.07) is 0. The zero-order valence-corrected chi connectivity index (χ0v) is 16.2. The molecular formula is C22H42. The van der Waals surface area contributed by atoms with Gasteiger partial charge in [-0.2, -0.15) is 0 Å². The van der Waals surface area contributed by atoms with Gasteiger partial charge in [0.1, 0.15) is 0 Å². The number of allylic oxidation sites excluding steroid dienone is 1. The summed E-state index contributed by atoms with van der Waals surface area (Å²) in [7, 11) is 0. The molecule has 0 aromatic carbocycles. The maximum absolute atomic E-state index is 3.48. The van der Waals surface area contributed by atoms with Gasteiger partial charge in [0.15, 0.2) is 0 Å². The molecule has 3 rings (SSSR count). The Balaban J connectivity index is 0.000000203. The number of fused-ring (bicyclic) bond motifs is 1. The van der Waals surface area contributed by atoms with Crippen LogP contribution in [0.25, 0.3) is 0 Å². The van der Waals surface area contributed by atoms with Gasteiger partial charge in [0.2, 0.25) is 0 Å². The highest BCUT2D eigenvalue weighted by Gasteiger charge is 2.47. The quantitative estimate of drug-likeness (QED) is 0.470. The van der Waals surface area contributed by atoms with Gasteiger partial charge in [0, 0.05) is 0 Å². The molecule has 3 fully saturated rings. The second-order valence-electron chi connectivity index (χ2n) is 8.39. The van der Waals surface area contributed by atoms with Crippen molar-refractivity contribution in [3.05, 3.63) is 12.7 Å². The van der Waals surface area contributed by atoms with Gasteiger partial charge in [0.25, 0.3) is 0 Å². The van der Waals surface area contributed by atoms with Gasteiger partial charge in [-0.1, -0.05) is 79.2 Å². The van der Waals surface area contributed by atoms with Crippen molar-refractivity contribution < 1.29 is 0 Å². The summed E-state index contributed by atoms with van der Waals surface area (Å²) in [4.78, 5) is 0. The molecule has 130 valence electrons. The fraction of sp³-hybridized carbons (Fsp3) is 0.909. The molecule has 0 nitrogen and oxygen atoms in total. The van der Waals surface area contributed by atoms with Crippen molar-refractivity contribution in [3.63, 3.8) is 0 Å². The molecular weight excluding hydrogens is 264 g/mol. The first-order chi connectivity index (χ1) is 10.5. The number of hydrogen-bond donors (Lipinski definition) is 0. The van der Waals surface area contributed by atoms with Crippen LogP contribution in [0.3, 0.4) is 0 Å². The van der Waals surface area contributed by atoms with E-state index in [1.807, 2.05) is 6.08 Å². The van der Waals surface area contributed by atoms with Crippen LogP contribution < -0.4 is 0 Å². The van der Waals surface area contributed by atoms with Crippen molar-refractivity contribution >= 4 is 0 Å². The molecule has 0 aromatic rings. The number of hydrogen-bond acceptors (Lipinski definition) is 0. The van der Waals surface area contributed by atoms with E-state index in [1.165, 1.54) is 57.8 Å². The first kappa shape index (κ1) is 19.8. The maximum Gasteiger partial charge on any atom is -0.0269 e. The van der Waals surface area contributed by atoms with E-state index in [9.17, 15) is 0 Å². The minimum absolute atomic E-state index is 0.720. The molecule has 0 aromatic heterocycles. The van der Waals surface area contributed by atoms with Crippen LogP contribution in [0.15, 0.2) is 12.7 Å². The molecule has 0 heteroatoms. The molecule has 22 heavy (non-hydrogen) atoms. The highest BCUT2D eigenvalue weighted by Crippen LogP contribution is 2.57. The predicted molar refractivity (Wildman–Crippen MR) is 101 cm³/mol. The van der Waals surface area contributed by atoms with E-state index in [0.29, 0.717) is 0 Å². The van der Waals surface area contributed by atoms with E-state index >= 15 is 0 Å². The summed E-state index contributed by atoms with van der Waals surface area (Å²) in [5, 5.41) is 0. The first-order valence-corrected chi connectivity index (χ1v) is 10.1. The van der Waals surface area contributed by atoms with Crippen molar-refractivity contribution in [1.82, 2.24) is 0 Å². The first-order valence-electron chi connectivity index (χ1n) is 10.1. The Morgan fingerprint density at radius 1 is 1.05 bits per heavy atom. The molecule has 0 spiro atoms. The highest BCUT2D eigenvalue weighted by atomic mass is 14.5. The average Bonchev–Trinajstić information content (AvgIpc) is 3.26. The van der Waals surface area contributed by atoms with Crippen LogP contribution in [-0.4, -0.2) is 0 Å². The third-order valence-corrected chi connectivity index (χ3v) is 6.63. The normalized spacial score (nSPS) is 36.3. The van der Waals surface area contributed by atoms with Crippen molar-refractivity contribution in [2.24, 2.45) is 29.1 Å². The predicted octanol–water partition coefficient (Wildman–Crippen LogP) is 7.64. The lowest BCUT2D eigenvalue weighted by atomic mass is 9.62.